The summed E-state index contributed by atoms with van der Waals surface area (Å²) >= 11 is 25.5. The van der Waals surface area contributed by atoms with Crippen LogP contribution < -0.4 is 32.0 Å². The van der Waals surface area contributed by atoms with Crippen molar-refractivity contribution in [2.75, 3.05) is 4.43 Å². The van der Waals surface area contributed by atoms with Crippen LogP contribution in [0.1, 0.15) is 36.1 Å². The zero-order valence-corrected chi connectivity index (χ0v) is 41.3. The largest absolute Gasteiger partial charge is 0.425 e. The Balaban J connectivity index is 0.000000215. The number of ether oxygens (including phenoxy) is 2. The Bertz CT molecular complexity index is 3420. The molecule has 4 heterocycles. The van der Waals surface area contributed by atoms with Crippen LogP contribution in [0, 0.1) is 0 Å². The van der Waals surface area contributed by atoms with Gasteiger partial charge >= 0.3 is 35.8 Å². The highest BCUT2D eigenvalue weighted by Crippen LogP contribution is 2.39. The van der Waals surface area contributed by atoms with Gasteiger partial charge in [0.05, 0.1) is 34.3 Å². The first kappa shape index (κ1) is 52.6. The van der Waals surface area contributed by atoms with E-state index >= 15 is 0 Å². The lowest BCUT2D eigenvalue weighted by atomic mass is 10.2. The average molecular weight is 1150 g/mol. The number of aromatic amines is 1. The summed E-state index contributed by atoms with van der Waals surface area (Å²) in [4.78, 5) is 60.9. The monoisotopic (exact) mass is 1150 g/mol. The highest BCUT2D eigenvalue weighted by atomic mass is 127. The van der Waals surface area contributed by atoms with Gasteiger partial charge in [-0.1, -0.05) is 100 Å². The van der Waals surface area contributed by atoms with Crippen LogP contribution in [0.2, 0.25) is 20.1 Å². The molecule has 8 rings (SSSR count). The van der Waals surface area contributed by atoms with E-state index in [1.54, 1.807) is 55.5 Å². The van der Waals surface area contributed by atoms with Gasteiger partial charge in [-0.3, -0.25) is 37.4 Å². The van der Waals surface area contributed by atoms with Crippen LogP contribution in [0.5, 0.6) is 23.5 Å². The number of hydrogen-bond acceptors (Lipinski definition) is 8. The number of fused-ring (bicyclic) bond motifs is 2. The number of halogens is 11. The zero-order chi connectivity index (χ0) is 50.7. The topological polar surface area (TPSA) is 153 Å². The van der Waals surface area contributed by atoms with Gasteiger partial charge in [-0.2, -0.15) is 36.3 Å². The fourth-order valence-electron chi connectivity index (χ4n) is 6.62. The van der Waals surface area contributed by atoms with Crippen LogP contribution in [-0.4, -0.2) is 42.2 Å². The van der Waals surface area contributed by atoms with Gasteiger partial charge in [0.1, 0.15) is 11.5 Å². The fourth-order valence-corrected chi connectivity index (χ4v) is 7.32. The molecule has 0 spiro atoms. The van der Waals surface area contributed by atoms with Gasteiger partial charge in [0, 0.05) is 30.7 Å². The van der Waals surface area contributed by atoms with Crippen molar-refractivity contribution >= 4 is 91.3 Å². The Morgan fingerprint density at radius 1 is 0.609 bits per heavy atom. The van der Waals surface area contributed by atoms with E-state index in [4.69, 9.17) is 55.9 Å². The van der Waals surface area contributed by atoms with Crippen molar-refractivity contribution in [2.24, 2.45) is 14.1 Å². The molecule has 0 fully saturated rings. The number of imidazole rings is 2. The Morgan fingerprint density at radius 2 is 1.01 bits per heavy atom. The molecule has 0 atom stereocenters. The SMILES string of the molecule is CCI.CCn1c(=O)c2c(nc(Oc3ccc(Cl)c(C(F)(F)F)c3)n2Cc2ccc(Cl)cc2)n(C)c1=O.Cn1c(=O)[nH]c(=O)c2c1nc(Oc1ccc(Cl)c(C(F)(F)F)c1)n2Cc1ccc(Cl)cc1. The van der Waals surface area contributed by atoms with Crippen LogP contribution in [-0.2, 0) is 46.1 Å². The number of nitrogens with one attached hydrogen (secondary N) is 1. The van der Waals surface area contributed by atoms with Crippen molar-refractivity contribution in [3.8, 4) is 23.5 Å². The second-order valence-corrected chi connectivity index (χ2v) is 17.7. The van der Waals surface area contributed by atoms with E-state index in [9.17, 15) is 45.5 Å². The lowest BCUT2D eigenvalue weighted by molar-refractivity contribution is -0.138. The number of hydrogen-bond donors (Lipinski definition) is 1. The lowest BCUT2D eigenvalue weighted by Gasteiger charge is -2.13. The van der Waals surface area contributed by atoms with Crippen molar-refractivity contribution in [1.82, 2.24) is 37.8 Å². The zero-order valence-electron chi connectivity index (χ0n) is 36.1. The van der Waals surface area contributed by atoms with Crippen molar-refractivity contribution in [3.63, 3.8) is 0 Å². The smallest absolute Gasteiger partial charge is 0.417 e. The molecule has 0 aliphatic carbocycles. The van der Waals surface area contributed by atoms with E-state index in [1.165, 1.54) is 44.4 Å². The van der Waals surface area contributed by atoms with Crippen molar-refractivity contribution in [3.05, 3.63) is 169 Å². The predicted octanol–water partition coefficient (Wildman–Crippen LogP) is 11.1. The molecule has 4 aromatic carbocycles. The first-order valence-corrected chi connectivity index (χ1v) is 23.0. The van der Waals surface area contributed by atoms with Gasteiger partial charge in [-0.15, -0.1) is 0 Å². The maximum absolute atomic E-state index is 13.3. The molecule has 0 saturated heterocycles. The van der Waals surface area contributed by atoms with Crippen molar-refractivity contribution < 1.29 is 35.8 Å². The van der Waals surface area contributed by atoms with E-state index in [0.29, 0.717) is 15.6 Å². The highest BCUT2D eigenvalue weighted by molar-refractivity contribution is 14.1. The van der Waals surface area contributed by atoms with Crippen LogP contribution in [0.4, 0.5) is 26.3 Å². The summed E-state index contributed by atoms with van der Waals surface area (Å²) in [5.41, 5.74) is -3.19. The summed E-state index contributed by atoms with van der Waals surface area (Å²) in [6, 6.07) is 19.2. The summed E-state index contributed by atoms with van der Waals surface area (Å²) in [6.07, 6.45) is -9.39. The fraction of sp³-hybridized carbons (Fsp3) is 0.227. The van der Waals surface area contributed by atoms with E-state index in [0.717, 1.165) is 39.0 Å². The number of aromatic nitrogens is 8. The summed E-state index contributed by atoms with van der Waals surface area (Å²) in [5.74, 6) is -0.388. The molecule has 14 nitrogen and oxygen atoms in total. The molecule has 4 aromatic heterocycles. The number of rotatable bonds is 9. The molecule has 1 N–H and O–H groups in total. The van der Waals surface area contributed by atoms with E-state index in [-0.39, 0.29) is 65.5 Å². The molecule has 0 bridgehead atoms. The third kappa shape index (κ3) is 11.8. The molecule has 0 unspecified atom stereocenters. The van der Waals surface area contributed by atoms with Crippen LogP contribution in [0.25, 0.3) is 22.3 Å². The van der Waals surface area contributed by atoms with Gasteiger partial charge in [0.25, 0.3) is 11.1 Å². The molecule has 25 heteroatoms. The van der Waals surface area contributed by atoms with Crippen LogP contribution in [0.15, 0.2) is 104 Å². The molecule has 8 aromatic rings. The molecule has 69 heavy (non-hydrogen) atoms. The second-order valence-electron chi connectivity index (χ2n) is 14.5. The van der Waals surface area contributed by atoms with Gasteiger partial charge in [0.15, 0.2) is 22.3 Å². The minimum atomic E-state index is -4.70. The minimum Gasteiger partial charge on any atom is -0.425 e. The van der Waals surface area contributed by atoms with E-state index < -0.39 is 56.0 Å². The number of benzene rings is 4. The first-order valence-electron chi connectivity index (χ1n) is 20.0. The number of H-pyrrole nitrogens is 1. The van der Waals surface area contributed by atoms with Crippen molar-refractivity contribution in [2.45, 2.75) is 45.8 Å². The van der Waals surface area contributed by atoms with Gasteiger partial charge in [0.2, 0.25) is 0 Å². The summed E-state index contributed by atoms with van der Waals surface area (Å²) in [7, 11) is 2.85. The molecule has 364 valence electrons. The quantitative estimate of drug-likeness (QED) is 0.0852. The van der Waals surface area contributed by atoms with Crippen molar-refractivity contribution in [1.29, 1.82) is 0 Å². The number of aryl methyl sites for hydroxylation is 2. The molecular formula is C44H35Cl4F6IN8O6. The molecule has 0 amide bonds. The third-order valence-electron chi connectivity index (χ3n) is 9.90. The number of alkyl halides is 7. The van der Waals surface area contributed by atoms with Gasteiger partial charge in [-0.05, 0) is 83.1 Å². The highest BCUT2D eigenvalue weighted by Gasteiger charge is 2.35. The Morgan fingerprint density at radius 3 is 1.42 bits per heavy atom. The molecule has 0 aliphatic rings. The van der Waals surface area contributed by atoms with Crippen LogP contribution in [0.3, 0.4) is 0 Å². The van der Waals surface area contributed by atoms with Gasteiger partial charge in [-0.25, -0.2) is 9.59 Å². The van der Waals surface area contributed by atoms with Crippen LogP contribution >= 0.6 is 69.0 Å². The second kappa shape index (κ2) is 21.5. The standard InChI is InChI=1S/C22H17Cl2F3N4O3.C20H13Cl2F3N4O3.C2H5I/c1-3-30-19(32)17-18(29(2)21(30)33)28-20(31(17)11-12-4-6-13(23)7-5-12)34-14-8-9-16(24)15(10-14)22(25,26)27;1-28-16-15(17(30)27-18(28)31)29(9-10-2-4-11(21)5-3-10)19(26-16)32-12-6-7-14(22)13(8-12)20(23,24)25;1-2-3/h4-10H,3,11H2,1-2H3;2-8H,9H2,1H3,(H,27,30,31);2H2,1H3. The molecule has 0 radical (unpaired) electrons. The number of nitrogens with zero attached hydrogens (tertiary/aromatic N) is 7. The molecular weight excluding hydrogens is 1120 g/mol. The summed E-state index contributed by atoms with van der Waals surface area (Å²) in [5, 5.41) is 0.0372. The molecule has 0 aliphatic heterocycles. The Kier molecular flexibility index (Phi) is 16.4. The Hall–Kier alpha value is -5.75. The van der Waals surface area contributed by atoms with Gasteiger partial charge < -0.3 is 9.47 Å². The maximum Gasteiger partial charge on any atom is 0.417 e. The Labute approximate surface area is 419 Å². The normalized spacial score (nSPS) is 11.6. The summed E-state index contributed by atoms with van der Waals surface area (Å²) < 4.78 is 98.3. The predicted molar refractivity (Wildman–Crippen MR) is 259 cm³/mol. The first-order chi connectivity index (χ1) is 32.5. The van der Waals surface area contributed by atoms with E-state index in [2.05, 4.69) is 44.5 Å². The third-order valence-corrected chi connectivity index (χ3v) is 11.1. The lowest BCUT2D eigenvalue weighted by Crippen LogP contribution is -2.39. The van der Waals surface area contributed by atoms with E-state index in [1.807, 2.05) is 0 Å². The minimum absolute atomic E-state index is 0.00715. The summed E-state index contributed by atoms with van der Waals surface area (Å²) in [6.45, 7) is 4.04. The maximum atomic E-state index is 13.3. The average Bonchev–Trinajstić information content (AvgIpc) is 3.82. The molecule has 0 saturated carbocycles.